The molecule has 2 aromatic rings. The van der Waals surface area contributed by atoms with E-state index in [9.17, 15) is 0 Å². The van der Waals surface area contributed by atoms with Gasteiger partial charge in [-0.25, -0.2) is 9.97 Å². The van der Waals surface area contributed by atoms with Gasteiger partial charge in [0.1, 0.15) is 5.75 Å². The van der Waals surface area contributed by atoms with Crippen molar-refractivity contribution in [3.8, 4) is 5.75 Å². The third kappa shape index (κ3) is 3.24. The summed E-state index contributed by atoms with van der Waals surface area (Å²) in [7, 11) is 3.64. The maximum absolute atomic E-state index is 5.62. The number of anilines is 1. The lowest BCUT2D eigenvalue weighted by atomic mass is 10.2. The third-order valence-corrected chi connectivity index (χ3v) is 3.21. The van der Waals surface area contributed by atoms with Crippen molar-refractivity contribution in [2.45, 2.75) is 20.0 Å². The molecule has 0 saturated carbocycles. The minimum absolute atomic E-state index is 0.467. The van der Waals surface area contributed by atoms with Crippen LogP contribution < -0.4 is 15.4 Å². The van der Waals surface area contributed by atoms with Crippen molar-refractivity contribution in [3.05, 3.63) is 47.3 Å². The fourth-order valence-corrected chi connectivity index (χ4v) is 1.94. The molecule has 0 unspecified atom stereocenters. The van der Waals surface area contributed by atoms with Gasteiger partial charge in [-0.05, 0) is 24.6 Å². The molecule has 0 aliphatic heterocycles. The highest BCUT2D eigenvalue weighted by atomic mass is 16.5. The van der Waals surface area contributed by atoms with Crippen molar-refractivity contribution >= 4 is 5.95 Å². The zero-order valence-electron chi connectivity index (χ0n) is 12.1. The highest BCUT2D eigenvalue weighted by molar-refractivity contribution is 5.35. The fourth-order valence-electron chi connectivity index (χ4n) is 1.94. The first-order valence-electron chi connectivity index (χ1n) is 6.50. The minimum Gasteiger partial charge on any atom is -0.497 e. The lowest BCUT2D eigenvalue weighted by molar-refractivity contribution is 0.414. The van der Waals surface area contributed by atoms with Gasteiger partial charge in [-0.2, -0.15) is 0 Å². The summed E-state index contributed by atoms with van der Waals surface area (Å²) in [5.74, 6) is 1.56. The summed E-state index contributed by atoms with van der Waals surface area (Å²) in [5, 5.41) is 0. The van der Waals surface area contributed by atoms with Crippen LogP contribution in [0.1, 0.15) is 16.8 Å². The van der Waals surface area contributed by atoms with Crippen LogP contribution in [0.25, 0.3) is 0 Å². The van der Waals surface area contributed by atoms with Gasteiger partial charge < -0.3 is 15.4 Å². The molecule has 0 atom stereocenters. The molecule has 0 bridgehead atoms. The second-order valence-electron chi connectivity index (χ2n) is 4.69. The third-order valence-electron chi connectivity index (χ3n) is 3.21. The Morgan fingerprint density at radius 3 is 2.50 bits per heavy atom. The second-order valence-corrected chi connectivity index (χ2v) is 4.69. The van der Waals surface area contributed by atoms with Gasteiger partial charge in [-0.1, -0.05) is 12.1 Å². The van der Waals surface area contributed by atoms with Crippen molar-refractivity contribution in [1.82, 2.24) is 9.97 Å². The second kappa shape index (κ2) is 6.34. The monoisotopic (exact) mass is 272 g/mol. The van der Waals surface area contributed by atoms with Gasteiger partial charge in [-0.3, -0.25) is 0 Å². The standard InChI is InChI=1S/C15H20N4O/c1-11-13(8-16)9-17-15(18-11)19(2)10-12-4-6-14(20-3)7-5-12/h4-7,9H,8,10,16H2,1-3H3. The summed E-state index contributed by atoms with van der Waals surface area (Å²) < 4.78 is 5.15. The summed E-state index contributed by atoms with van der Waals surface area (Å²) >= 11 is 0. The molecule has 2 rings (SSSR count). The maximum Gasteiger partial charge on any atom is 0.225 e. The molecule has 106 valence electrons. The number of rotatable bonds is 5. The van der Waals surface area contributed by atoms with Crippen molar-refractivity contribution in [1.29, 1.82) is 0 Å². The first-order valence-corrected chi connectivity index (χ1v) is 6.50. The van der Waals surface area contributed by atoms with E-state index in [0.29, 0.717) is 12.5 Å². The van der Waals surface area contributed by atoms with Crippen LogP contribution in [0.15, 0.2) is 30.5 Å². The van der Waals surface area contributed by atoms with Gasteiger partial charge in [0.15, 0.2) is 0 Å². The topological polar surface area (TPSA) is 64.3 Å². The average Bonchev–Trinajstić information content (AvgIpc) is 2.48. The van der Waals surface area contributed by atoms with Crippen LogP contribution in [0.5, 0.6) is 5.75 Å². The maximum atomic E-state index is 5.62. The van der Waals surface area contributed by atoms with Crippen molar-refractivity contribution in [2.24, 2.45) is 5.73 Å². The summed E-state index contributed by atoms with van der Waals surface area (Å²) in [6.45, 7) is 3.16. The highest BCUT2D eigenvalue weighted by Gasteiger charge is 2.07. The molecule has 0 radical (unpaired) electrons. The Morgan fingerprint density at radius 2 is 1.95 bits per heavy atom. The smallest absolute Gasteiger partial charge is 0.225 e. The Labute approximate surface area is 119 Å². The minimum atomic E-state index is 0.467. The number of benzene rings is 1. The molecular formula is C15H20N4O. The lowest BCUT2D eigenvalue weighted by Gasteiger charge is -2.18. The Balaban J connectivity index is 2.10. The SMILES string of the molecule is COc1ccc(CN(C)c2ncc(CN)c(C)n2)cc1. The summed E-state index contributed by atoms with van der Waals surface area (Å²) in [6, 6.07) is 7.98. The molecule has 1 aromatic carbocycles. The molecule has 0 aliphatic rings. The Kier molecular flexibility index (Phi) is 4.53. The van der Waals surface area contributed by atoms with E-state index < -0.39 is 0 Å². The summed E-state index contributed by atoms with van der Waals surface area (Å²) in [4.78, 5) is 10.8. The number of aromatic nitrogens is 2. The number of methoxy groups -OCH3 is 1. The predicted molar refractivity (Wildman–Crippen MR) is 79.8 cm³/mol. The van der Waals surface area contributed by atoms with Crippen molar-refractivity contribution in [2.75, 3.05) is 19.1 Å². The molecule has 20 heavy (non-hydrogen) atoms. The fraction of sp³-hybridized carbons (Fsp3) is 0.333. The normalized spacial score (nSPS) is 10.4. The van der Waals surface area contributed by atoms with Gasteiger partial charge in [0.2, 0.25) is 5.95 Å². The van der Waals surface area contributed by atoms with Crippen LogP contribution in [0.4, 0.5) is 5.95 Å². The zero-order chi connectivity index (χ0) is 14.5. The van der Waals surface area contributed by atoms with Crippen LogP contribution in [0, 0.1) is 6.92 Å². The first-order chi connectivity index (χ1) is 9.63. The van der Waals surface area contributed by atoms with E-state index >= 15 is 0 Å². The van der Waals surface area contributed by atoms with Crippen molar-refractivity contribution in [3.63, 3.8) is 0 Å². The summed E-state index contributed by atoms with van der Waals surface area (Å²) in [5.41, 5.74) is 8.71. The summed E-state index contributed by atoms with van der Waals surface area (Å²) in [6.07, 6.45) is 1.79. The Hall–Kier alpha value is -2.14. The van der Waals surface area contributed by atoms with E-state index in [1.165, 1.54) is 5.56 Å². The van der Waals surface area contributed by atoms with Crippen LogP contribution in [-0.4, -0.2) is 24.1 Å². The van der Waals surface area contributed by atoms with E-state index in [-0.39, 0.29) is 0 Å². The molecule has 1 aromatic heterocycles. The van der Waals surface area contributed by atoms with Crippen LogP contribution in [0.3, 0.4) is 0 Å². The molecule has 2 N–H and O–H groups in total. The number of nitrogens with two attached hydrogens (primary N) is 1. The molecule has 5 nitrogen and oxygen atoms in total. The molecule has 0 aliphatic carbocycles. The molecule has 5 heteroatoms. The molecule has 0 saturated heterocycles. The van der Waals surface area contributed by atoms with Crippen LogP contribution in [-0.2, 0) is 13.1 Å². The highest BCUT2D eigenvalue weighted by Crippen LogP contribution is 2.15. The van der Waals surface area contributed by atoms with E-state index in [0.717, 1.165) is 23.6 Å². The number of aryl methyl sites for hydroxylation is 1. The largest absolute Gasteiger partial charge is 0.497 e. The van der Waals surface area contributed by atoms with E-state index in [1.54, 1.807) is 13.3 Å². The first kappa shape index (κ1) is 14.3. The molecule has 1 heterocycles. The number of hydrogen-bond acceptors (Lipinski definition) is 5. The number of hydrogen-bond donors (Lipinski definition) is 1. The van der Waals surface area contributed by atoms with Gasteiger partial charge >= 0.3 is 0 Å². The molecule has 0 amide bonds. The van der Waals surface area contributed by atoms with Crippen LogP contribution >= 0.6 is 0 Å². The molecule has 0 fully saturated rings. The van der Waals surface area contributed by atoms with Gasteiger partial charge in [0.05, 0.1) is 7.11 Å². The van der Waals surface area contributed by atoms with Gasteiger partial charge in [0, 0.05) is 37.6 Å². The van der Waals surface area contributed by atoms with Gasteiger partial charge in [0.25, 0.3) is 0 Å². The average molecular weight is 272 g/mol. The van der Waals surface area contributed by atoms with E-state index in [1.807, 2.05) is 43.1 Å². The van der Waals surface area contributed by atoms with Crippen LogP contribution in [0.2, 0.25) is 0 Å². The molecule has 0 spiro atoms. The number of nitrogens with zero attached hydrogens (tertiary/aromatic N) is 3. The van der Waals surface area contributed by atoms with E-state index in [4.69, 9.17) is 10.5 Å². The molecular weight excluding hydrogens is 252 g/mol. The number of ether oxygens (including phenoxy) is 1. The quantitative estimate of drug-likeness (QED) is 0.900. The Morgan fingerprint density at radius 1 is 1.25 bits per heavy atom. The predicted octanol–water partition coefficient (Wildman–Crippen LogP) is 1.89. The van der Waals surface area contributed by atoms with Crippen molar-refractivity contribution < 1.29 is 4.74 Å². The Bertz CT molecular complexity index is 569. The van der Waals surface area contributed by atoms with Gasteiger partial charge in [-0.15, -0.1) is 0 Å². The zero-order valence-corrected chi connectivity index (χ0v) is 12.1. The lowest BCUT2D eigenvalue weighted by Crippen LogP contribution is -2.20. The van der Waals surface area contributed by atoms with E-state index in [2.05, 4.69) is 9.97 Å².